The van der Waals surface area contributed by atoms with Gasteiger partial charge in [-0.25, -0.2) is 8.78 Å². The van der Waals surface area contributed by atoms with E-state index in [9.17, 15) is 8.78 Å². The van der Waals surface area contributed by atoms with E-state index in [0.29, 0.717) is 6.42 Å². The molecule has 0 saturated heterocycles. The van der Waals surface area contributed by atoms with E-state index >= 15 is 0 Å². The van der Waals surface area contributed by atoms with Crippen LogP contribution in [0.25, 0.3) is 0 Å². The molecule has 0 amide bonds. The molecule has 0 aromatic heterocycles. The van der Waals surface area contributed by atoms with Crippen LogP contribution in [0.4, 0.5) is 8.78 Å². The molecule has 0 spiro atoms. The summed E-state index contributed by atoms with van der Waals surface area (Å²) in [4.78, 5) is 0. The van der Waals surface area contributed by atoms with Crippen LogP contribution in [-0.2, 0) is 0 Å². The second-order valence-electron chi connectivity index (χ2n) is 4.57. The monoisotopic (exact) mass is 258 g/mol. The molecule has 4 nitrogen and oxygen atoms in total. The van der Waals surface area contributed by atoms with Gasteiger partial charge in [-0.05, 0) is 6.42 Å². The van der Waals surface area contributed by atoms with Gasteiger partial charge in [0.1, 0.15) is 23.2 Å². The SMILES string of the molecule is CC(C)(CCOc1cc(F)cc(F)c1)C(N)=NO. The molecule has 0 aliphatic carbocycles. The molecule has 3 N–H and O–H groups in total. The Bertz CT molecular complexity index is 427. The largest absolute Gasteiger partial charge is 0.493 e. The topological polar surface area (TPSA) is 67.8 Å². The van der Waals surface area contributed by atoms with E-state index in [1.807, 2.05) is 0 Å². The zero-order chi connectivity index (χ0) is 13.8. The van der Waals surface area contributed by atoms with Crippen LogP contribution in [0.5, 0.6) is 5.75 Å². The molecule has 0 saturated carbocycles. The molecule has 0 bridgehead atoms. The van der Waals surface area contributed by atoms with Crippen LogP contribution in [0, 0.1) is 17.0 Å². The van der Waals surface area contributed by atoms with E-state index in [1.165, 1.54) is 0 Å². The Morgan fingerprint density at radius 2 is 1.89 bits per heavy atom. The van der Waals surface area contributed by atoms with Crippen molar-refractivity contribution in [1.82, 2.24) is 0 Å². The first kappa shape index (κ1) is 14.2. The van der Waals surface area contributed by atoms with Gasteiger partial charge < -0.3 is 15.7 Å². The van der Waals surface area contributed by atoms with Crippen LogP contribution in [-0.4, -0.2) is 17.6 Å². The Labute approximate surface area is 104 Å². The highest BCUT2D eigenvalue weighted by Crippen LogP contribution is 2.22. The highest BCUT2D eigenvalue weighted by Gasteiger charge is 2.23. The molecule has 1 aromatic carbocycles. The van der Waals surface area contributed by atoms with Crippen molar-refractivity contribution < 1.29 is 18.7 Å². The average Bonchev–Trinajstić information content (AvgIpc) is 2.26. The Hall–Kier alpha value is -1.85. The maximum Gasteiger partial charge on any atom is 0.144 e. The fraction of sp³-hybridized carbons (Fsp3) is 0.417. The maximum absolute atomic E-state index is 12.9. The Morgan fingerprint density at radius 3 is 2.39 bits per heavy atom. The summed E-state index contributed by atoms with van der Waals surface area (Å²) in [6.07, 6.45) is 0.445. The summed E-state index contributed by atoms with van der Waals surface area (Å²) in [5.74, 6) is -1.19. The van der Waals surface area contributed by atoms with Gasteiger partial charge in [-0.2, -0.15) is 0 Å². The fourth-order valence-electron chi connectivity index (χ4n) is 1.30. The van der Waals surface area contributed by atoms with E-state index in [-0.39, 0.29) is 18.2 Å². The number of amidine groups is 1. The minimum atomic E-state index is -0.694. The molecule has 0 fully saturated rings. The van der Waals surface area contributed by atoms with Gasteiger partial charge in [0.2, 0.25) is 0 Å². The van der Waals surface area contributed by atoms with Gasteiger partial charge in [-0.1, -0.05) is 19.0 Å². The molecule has 0 aliphatic heterocycles. The summed E-state index contributed by atoms with van der Waals surface area (Å²) in [7, 11) is 0. The molecule has 1 aromatic rings. The summed E-state index contributed by atoms with van der Waals surface area (Å²) in [6, 6.07) is 2.96. The standard InChI is InChI=1S/C12H16F2N2O2/c1-12(2,11(15)16-17)3-4-18-10-6-8(13)5-9(14)7-10/h5-7,17H,3-4H2,1-2H3,(H2,15,16). The number of ether oxygens (including phenoxy) is 1. The van der Waals surface area contributed by atoms with Gasteiger partial charge in [-0.3, -0.25) is 0 Å². The average molecular weight is 258 g/mol. The number of hydrogen-bond donors (Lipinski definition) is 2. The van der Waals surface area contributed by atoms with Gasteiger partial charge in [-0.15, -0.1) is 0 Å². The Balaban J connectivity index is 2.56. The van der Waals surface area contributed by atoms with E-state index in [2.05, 4.69) is 5.16 Å². The quantitative estimate of drug-likeness (QED) is 0.369. The van der Waals surface area contributed by atoms with Crippen LogP contribution in [0.15, 0.2) is 23.4 Å². The lowest BCUT2D eigenvalue weighted by Gasteiger charge is -2.22. The van der Waals surface area contributed by atoms with Crippen molar-refractivity contribution in [3.63, 3.8) is 0 Å². The number of halogens is 2. The van der Waals surface area contributed by atoms with Crippen molar-refractivity contribution in [1.29, 1.82) is 0 Å². The lowest BCUT2D eigenvalue weighted by Crippen LogP contribution is -2.33. The number of oxime groups is 1. The van der Waals surface area contributed by atoms with Crippen LogP contribution in [0.3, 0.4) is 0 Å². The molecular weight excluding hydrogens is 242 g/mol. The molecule has 6 heteroatoms. The summed E-state index contributed by atoms with van der Waals surface area (Å²) < 4.78 is 31.0. The predicted octanol–water partition coefficient (Wildman–Crippen LogP) is 2.51. The summed E-state index contributed by atoms with van der Waals surface area (Å²) in [6.45, 7) is 3.75. The van der Waals surface area contributed by atoms with Crippen molar-refractivity contribution in [3.8, 4) is 5.75 Å². The molecule has 0 unspecified atom stereocenters. The van der Waals surface area contributed by atoms with E-state index in [4.69, 9.17) is 15.7 Å². The highest BCUT2D eigenvalue weighted by atomic mass is 19.1. The third-order valence-corrected chi connectivity index (χ3v) is 2.63. The molecule has 0 heterocycles. The van der Waals surface area contributed by atoms with Gasteiger partial charge in [0.05, 0.1) is 6.61 Å². The van der Waals surface area contributed by atoms with Crippen molar-refractivity contribution in [2.24, 2.45) is 16.3 Å². The number of hydrogen-bond acceptors (Lipinski definition) is 3. The van der Waals surface area contributed by atoms with Crippen molar-refractivity contribution in [3.05, 3.63) is 29.8 Å². The summed E-state index contributed by atoms with van der Waals surface area (Å²) in [5.41, 5.74) is 4.95. The molecule has 1 rings (SSSR count). The van der Waals surface area contributed by atoms with Crippen molar-refractivity contribution in [2.45, 2.75) is 20.3 Å². The molecule has 0 radical (unpaired) electrons. The minimum Gasteiger partial charge on any atom is -0.493 e. The zero-order valence-electron chi connectivity index (χ0n) is 10.3. The van der Waals surface area contributed by atoms with Crippen molar-refractivity contribution in [2.75, 3.05) is 6.61 Å². The number of rotatable bonds is 5. The minimum absolute atomic E-state index is 0.0801. The first-order chi connectivity index (χ1) is 8.35. The fourth-order valence-corrected chi connectivity index (χ4v) is 1.30. The second-order valence-corrected chi connectivity index (χ2v) is 4.57. The molecule has 100 valence electrons. The van der Waals surface area contributed by atoms with Crippen LogP contribution in [0.2, 0.25) is 0 Å². The highest BCUT2D eigenvalue weighted by molar-refractivity contribution is 5.85. The maximum atomic E-state index is 12.9. The smallest absolute Gasteiger partial charge is 0.144 e. The van der Waals surface area contributed by atoms with Gasteiger partial charge in [0.15, 0.2) is 0 Å². The molecule has 18 heavy (non-hydrogen) atoms. The summed E-state index contributed by atoms with van der Waals surface area (Å²) in [5, 5.41) is 11.5. The van der Waals surface area contributed by atoms with Crippen molar-refractivity contribution >= 4 is 5.84 Å². The van der Waals surface area contributed by atoms with Gasteiger partial charge in [0.25, 0.3) is 0 Å². The lowest BCUT2D eigenvalue weighted by molar-refractivity contribution is 0.258. The van der Waals surface area contributed by atoms with E-state index < -0.39 is 17.0 Å². The second kappa shape index (κ2) is 5.66. The van der Waals surface area contributed by atoms with E-state index in [1.54, 1.807) is 13.8 Å². The molecule has 0 atom stereocenters. The number of nitrogens with zero attached hydrogens (tertiary/aromatic N) is 1. The first-order valence-electron chi connectivity index (χ1n) is 5.42. The third kappa shape index (κ3) is 3.87. The van der Waals surface area contributed by atoms with Crippen LogP contribution in [0.1, 0.15) is 20.3 Å². The van der Waals surface area contributed by atoms with Crippen LogP contribution >= 0.6 is 0 Å². The van der Waals surface area contributed by atoms with Gasteiger partial charge >= 0.3 is 0 Å². The number of benzene rings is 1. The Kier molecular flexibility index (Phi) is 4.47. The molecular formula is C12H16F2N2O2. The summed E-state index contributed by atoms with van der Waals surface area (Å²) >= 11 is 0. The molecule has 0 aliphatic rings. The Morgan fingerprint density at radius 1 is 1.33 bits per heavy atom. The van der Waals surface area contributed by atoms with Gasteiger partial charge in [0, 0.05) is 23.6 Å². The van der Waals surface area contributed by atoms with Crippen LogP contribution < -0.4 is 10.5 Å². The normalized spacial score (nSPS) is 12.6. The lowest BCUT2D eigenvalue weighted by atomic mass is 9.88. The zero-order valence-corrected chi connectivity index (χ0v) is 10.3. The predicted molar refractivity (Wildman–Crippen MR) is 63.7 cm³/mol. The third-order valence-electron chi connectivity index (χ3n) is 2.63. The van der Waals surface area contributed by atoms with E-state index in [0.717, 1.165) is 18.2 Å². The number of nitrogens with two attached hydrogens (primary N) is 1. The first-order valence-corrected chi connectivity index (χ1v) is 5.42.